The van der Waals surface area contributed by atoms with Crippen LogP contribution < -0.4 is 0 Å². The van der Waals surface area contributed by atoms with E-state index < -0.39 is 12.3 Å². The first-order valence-electron chi connectivity index (χ1n) is 6.50. The van der Waals surface area contributed by atoms with Gasteiger partial charge < -0.3 is 5.11 Å². The largest absolute Gasteiger partial charge is 0.417 e. The molecule has 1 nitrogen and oxygen atoms in total. The van der Waals surface area contributed by atoms with Crippen LogP contribution in [0.4, 0.5) is 13.2 Å². The van der Waals surface area contributed by atoms with Crippen molar-refractivity contribution in [3.8, 4) is 0 Å². The van der Waals surface area contributed by atoms with E-state index in [-0.39, 0.29) is 11.3 Å². The number of allylic oxidation sites excluding steroid dienone is 1. The molecule has 4 atom stereocenters. The summed E-state index contributed by atoms with van der Waals surface area (Å²) in [6, 6.07) is 0. The predicted octanol–water partition coefficient (Wildman–Crippen LogP) is 4.17. The number of halogens is 3. The van der Waals surface area contributed by atoms with E-state index in [4.69, 9.17) is 5.11 Å². The zero-order chi connectivity index (χ0) is 14.1. The van der Waals surface area contributed by atoms with Gasteiger partial charge in [0.2, 0.25) is 0 Å². The summed E-state index contributed by atoms with van der Waals surface area (Å²) in [4.78, 5) is 0. The first-order chi connectivity index (χ1) is 8.06. The van der Waals surface area contributed by atoms with Gasteiger partial charge in [-0.3, -0.25) is 0 Å². The Balaban J connectivity index is 2.67. The number of alkyl halides is 3. The minimum atomic E-state index is -4.56. The Hall–Kier alpha value is -0.510. The average molecular weight is 264 g/mol. The third-order valence-electron chi connectivity index (χ3n) is 4.70. The first kappa shape index (κ1) is 15.5. The smallest absolute Gasteiger partial charge is 0.380 e. The van der Waals surface area contributed by atoms with Gasteiger partial charge in [0, 0.05) is 0 Å². The third kappa shape index (κ3) is 3.28. The molecule has 18 heavy (non-hydrogen) atoms. The van der Waals surface area contributed by atoms with Crippen molar-refractivity contribution in [2.75, 3.05) is 0 Å². The highest BCUT2D eigenvalue weighted by Gasteiger charge is 2.42. The lowest BCUT2D eigenvalue weighted by atomic mass is 9.71. The van der Waals surface area contributed by atoms with E-state index in [1.54, 1.807) is 0 Å². The number of rotatable bonds is 3. The van der Waals surface area contributed by atoms with Gasteiger partial charge in [0.05, 0.1) is 0 Å². The van der Waals surface area contributed by atoms with E-state index in [1.807, 2.05) is 6.92 Å². The van der Waals surface area contributed by atoms with Crippen LogP contribution in [0.5, 0.6) is 0 Å². The molecule has 0 aliphatic heterocycles. The molecule has 1 N–H and O–H groups in total. The molecule has 0 aromatic rings. The van der Waals surface area contributed by atoms with Gasteiger partial charge in [-0.1, -0.05) is 39.8 Å². The summed E-state index contributed by atoms with van der Waals surface area (Å²) in [5.74, 6) is 1.03. The molecule has 1 fully saturated rings. The van der Waals surface area contributed by atoms with Crippen molar-refractivity contribution in [1.82, 2.24) is 0 Å². The molecule has 0 saturated heterocycles. The van der Waals surface area contributed by atoms with E-state index in [0.717, 1.165) is 18.9 Å². The minimum absolute atomic E-state index is 0.0574. The molecule has 0 bridgehead atoms. The molecule has 1 rings (SSSR count). The summed E-state index contributed by atoms with van der Waals surface area (Å²) in [5.41, 5.74) is 0.146. The van der Waals surface area contributed by atoms with Crippen LogP contribution in [0.3, 0.4) is 0 Å². The molecule has 106 valence electrons. The van der Waals surface area contributed by atoms with Crippen molar-refractivity contribution in [3.05, 3.63) is 12.2 Å². The van der Waals surface area contributed by atoms with Crippen molar-refractivity contribution in [2.45, 2.75) is 52.8 Å². The third-order valence-corrected chi connectivity index (χ3v) is 4.70. The topological polar surface area (TPSA) is 20.2 Å². The van der Waals surface area contributed by atoms with Crippen LogP contribution in [0, 0.1) is 23.2 Å². The normalized spacial score (nSPS) is 31.8. The van der Waals surface area contributed by atoms with Gasteiger partial charge >= 0.3 is 6.18 Å². The predicted molar refractivity (Wildman–Crippen MR) is 66.0 cm³/mol. The zero-order valence-corrected chi connectivity index (χ0v) is 11.5. The molecule has 1 aliphatic carbocycles. The van der Waals surface area contributed by atoms with Gasteiger partial charge in [-0.05, 0) is 36.0 Å². The molecule has 4 unspecified atom stereocenters. The maximum absolute atomic E-state index is 12.2. The quantitative estimate of drug-likeness (QED) is 0.758. The molecular formula is C14H23F3O. The second kappa shape index (κ2) is 5.24. The molecule has 1 aliphatic rings. The van der Waals surface area contributed by atoms with Crippen LogP contribution >= 0.6 is 0 Å². The molecule has 0 amide bonds. The number of hydrogen-bond acceptors (Lipinski definition) is 1. The van der Waals surface area contributed by atoms with Gasteiger partial charge in [-0.25, -0.2) is 0 Å². The summed E-state index contributed by atoms with van der Waals surface area (Å²) in [6.45, 7) is 8.49. The zero-order valence-electron chi connectivity index (χ0n) is 11.5. The maximum atomic E-state index is 12.2. The van der Waals surface area contributed by atoms with Crippen molar-refractivity contribution < 1.29 is 18.3 Å². The summed E-state index contributed by atoms with van der Waals surface area (Å²) in [5, 5.41) is 8.95. The maximum Gasteiger partial charge on any atom is 0.417 e. The fraction of sp³-hybridized carbons (Fsp3) is 0.857. The van der Waals surface area contributed by atoms with Gasteiger partial charge in [-0.2, -0.15) is 13.2 Å². The second-order valence-corrected chi connectivity index (χ2v) is 6.14. The molecule has 0 aromatic heterocycles. The first-order valence-corrected chi connectivity index (χ1v) is 6.50. The Morgan fingerprint density at radius 3 is 2.17 bits per heavy atom. The lowest BCUT2D eigenvalue weighted by molar-refractivity contribution is -0.187. The highest BCUT2D eigenvalue weighted by atomic mass is 19.4. The number of aliphatic hydroxyl groups is 1. The standard InChI is InChI=1S/C14H23F3O/c1-9(5-8-12(18)14(15,16)17)11-7-6-10(2)13(11,3)4/h5,8-12,18H,6-7H2,1-4H3. The average Bonchev–Trinajstić information content (AvgIpc) is 2.49. The van der Waals surface area contributed by atoms with Crippen LogP contribution in [0.2, 0.25) is 0 Å². The Morgan fingerprint density at radius 2 is 1.78 bits per heavy atom. The SMILES string of the molecule is CC(C=CC(O)C(F)(F)F)C1CCC(C)C1(C)C. The van der Waals surface area contributed by atoms with Gasteiger partial charge in [-0.15, -0.1) is 0 Å². The molecule has 1 saturated carbocycles. The summed E-state index contributed by atoms with van der Waals surface area (Å²) in [6.07, 6.45) is -2.34. The molecule has 0 spiro atoms. The monoisotopic (exact) mass is 264 g/mol. The molecule has 0 aromatic carbocycles. The molecular weight excluding hydrogens is 241 g/mol. The van der Waals surface area contributed by atoms with Gasteiger partial charge in [0.25, 0.3) is 0 Å². The Bertz CT molecular complexity index is 307. The van der Waals surface area contributed by atoms with E-state index >= 15 is 0 Å². The van der Waals surface area contributed by atoms with E-state index in [2.05, 4.69) is 20.8 Å². The lowest BCUT2D eigenvalue weighted by Crippen LogP contribution is -2.29. The summed E-state index contributed by atoms with van der Waals surface area (Å²) in [7, 11) is 0. The summed E-state index contributed by atoms with van der Waals surface area (Å²) >= 11 is 0. The Labute approximate surface area is 107 Å². The lowest BCUT2D eigenvalue weighted by Gasteiger charge is -2.34. The van der Waals surface area contributed by atoms with E-state index in [0.29, 0.717) is 11.8 Å². The molecule has 0 heterocycles. The Kier molecular flexibility index (Phi) is 4.52. The highest BCUT2D eigenvalue weighted by Crippen LogP contribution is 2.50. The van der Waals surface area contributed by atoms with Crippen LogP contribution in [0.1, 0.15) is 40.5 Å². The van der Waals surface area contributed by atoms with Gasteiger partial charge in [0.1, 0.15) is 0 Å². The Morgan fingerprint density at radius 1 is 1.22 bits per heavy atom. The van der Waals surface area contributed by atoms with Crippen LogP contribution in [-0.4, -0.2) is 17.4 Å². The number of aliphatic hydroxyl groups excluding tert-OH is 1. The van der Waals surface area contributed by atoms with E-state index in [1.165, 1.54) is 6.08 Å². The van der Waals surface area contributed by atoms with Crippen molar-refractivity contribution in [3.63, 3.8) is 0 Å². The van der Waals surface area contributed by atoms with Crippen molar-refractivity contribution in [1.29, 1.82) is 0 Å². The summed E-state index contributed by atoms with van der Waals surface area (Å²) < 4.78 is 36.6. The van der Waals surface area contributed by atoms with Gasteiger partial charge in [0.15, 0.2) is 6.10 Å². The fourth-order valence-corrected chi connectivity index (χ4v) is 3.00. The van der Waals surface area contributed by atoms with E-state index in [9.17, 15) is 13.2 Å². The highest BCUT2D eigenvalue weighted by molar-refractivity contribution is 5.01. The van der Waals surface area contributed by atoms with Crippen LogP contribution in [0.15, 0.2) is 12.2 Å². The van der Waals surface area contributed by atoms with Crippen LogP contribution in [0.25, 0.3) is 0 Å². The van der Waals surface area contributed by atoms with Crippen molar-refractivity contribution >= 4 is 0 Å². The van der Waals surface area contributed by atoms with Crippen LogP contribution in [-0.2, 0) is 0 Å². The fourth-order valence-electron chi connectivity index (χ4n) is 3.00. The minimum Gasteiger partial charge on any atom is -0.380 e. The molecule has 0 radical (unpaired) electrons. The van der Waals surface area contributed by atoms with Crippen molar-refractivity contribution in [2.24, 2.45) is 23.2 Å². The number of hydrogen-bond donors (Lipinski definition) is 1. The molecule has 4 heteroatoms. The second-order valence-electron chi connectivity index (χ2n) is 6.14.